The average Bonchev–Trinajstić information content (AvgIpc) is 3.03. The SMILES string of the molecule is CCCOc1ccc(CNCCCc2nc3ccccc3[nH]2)cc1Cl. The molecule has 132 valence electrons. The molecule has 0 saturated heterocycles. The molecule has 1 aromatic heterocycles. The minimum atomic E-state index is 0.676. The normalized spacial score (nSPS) is 11.1. The summed E-state index contributed by atoms with van der Waals surface area (Å²) in [4.78, 5) is 7.96. The van der Waals surface area contributed by atoms with E-state index in [1.165, 1.54) is 0 Å². The van der Waals surface area contributed by atoms with E-state index < -0.39 is 0 Å². The highest BCUT2D eigenvalue weighted by molar-refractivity contribution is 6.32. The van der Waals surface area contributed by atoms with Gasteiger partial charge in [-0.3, -0.25) is 0 Å². The summed E-state index contributed by atoms with van der Waals surface area (Å²) in [5, 5.41) is 4.13. The van der Waals surface area contributed by atoms with Gasteiger partial charge in [-0.2, -0.15) is 0 Å². The van der Waals surface area contributed by atoms with Crippen LogP contribution < -0.4 is 10.1 Å². The van der Waals surface area contributed by atoms with Crippen molar-refractivity contribution in [3.8, 4) is 5.75 Å². The third-order valence-electron chi connectivity index (χ3n) is 3.99. The van der Waals surface area contributed by atoms with Crippen molar-refractivity contribution in [2.24, 2.45) is 0 Å². The minimum Gasteiger partial charge on any atom is -0.492 e. The van der Waals surface area contributed by atoms with E-state index in [1.807, 2.05) is 30.3 Å². The van der Waals surface area contributed by atoms with Crippen molar-refractivity contribution in [3.05, 3.63) is 58.9 Å². The lowest BCUT2D eigenvalue weighted by molar-refractivity contribution is 0.317. The Morgan fingerprint density at radius 3 is 2.88 bits per heavy atom. The zero-order valence-corrected chi connectivity index (χ0v) is 15.3. The topological polar surface area (TPSA) is 49.9 Å². The number of imidazole rings is 1. The van der Waals surface area contributed by atoms with E-state index in [9.17, 15) is 0 Å². The van der Waals surface area contributed by atoms with Crippen LogP contribution in [0.4, 0.5) is 0 Å². The van der Waals surface area contributed by atoms with Crippen LogP contribution in [-0.2, 0) is 13.0 Å². The Hall–Kier alpha value is -2.04. The highest BCUT2D eigenvalue weighted by atomic mass is 35.5. The van der Waals surface area contributed by atoms with Gasteiger partial charge in [0.1, 0.15) is 11.6 Å². The van der Waals surface area contributed by atoms with Crippen LogP contribution in [0.1, 0.15) is 31.2 Å². The Morgan fingerprint density at radius 1 is 1.20 bits per heavy atom. The van der Waals surface area contributed by atoms with Gasteiger partial charge in [0.05, 0.1) is 22.7 Å². The lowest BCUT2D eigenvalue weighted by Crippen LogP contribution is -2.15. The summed E-state index contributed by atoms with van der Waals surface area (Å²) >= 11 is 6.26. The highest BCUT2D eigenvalue weighted by Crippen LogP contribution is 2.25. The number of aromatic nitrogens is 2. The molecule has 0 spiro atoms. The van der Waals surface area contributed by atoms with Crippen LogP contribution in [0, 0.1) is 0 Å². The molecule has 0 fully saturated rings. The van der Waals surface area contributed by atoms with E-state index in [0.29, 0.717) is 11.6 Å². The molecule has 1 heterocycles. The molecular weight excluding hydrogens is 334 g/mol. The fourth-order valence-electron chi connectivity index (χ4n) is 2.72. The summed E-state index contributed by atoms with van der Waals surface area (Å²) in [6.07, 6.45) is 2.95. The molecular formula is C20H24ClN3O. The zero-order chi connectivity index (χ0) is 17.5. The first-order chi connectivity index (χ1) is 12.3. The van der Waals surface area contributed by atoms with Gasteiger partial charge in [-0.05, 0) is 49.2 Å². The molecule has 0 aliphatic rings. The number of benzene rings is 2. The van der Waals surface area contributed by atoms with Gasteiger partial charge in [0, 0.05) is 13.0 Å². The van der Waals surface area contributed by atoms with Crippen LogP contribution in [0.2, 0.25) is 5.02 Å². The van der Waals surface area contributed by atoms with E-state index in [1.54, 1.807) is 0 Å². The molecule has 0 saturated carbocycles. The van der Waals surface area contributed by atoms with Crippen molar-refractivity contribution in [1.82, 2.24) is 15.3 Å². The molecule has 3 rings (SSSR count). The van der Waals surface area contributed by atoms with Gasteiger partial charge in [-0.25, -0.2) is 4.98 Å². The fraction of sp³-hybridized carbons (Fsp3) is 0.350. The maximum atomic E-state index is 6.26. The van der Waals surface area contributed by atoms with E-state index >= 15 is 0 Å². The smallest absolute Gasteiger partial charge is 0.137 e. The molecule has 0 unspecified atom stereocenters. The molecule has 0 aliphatic heterocycles. The first-order valence-electron chi connectivity index (χ1n) is 8.82. The zero-order valence-electron chi connectivity index (χ0n) is 14.5. The van der Waals surface area contributed by atoms with Crippen molar-refractivity contribution in [2.75, 3.05) is 13.2 Å². The maximum Gasteiger partial charge on any atom is 0.137 e. The summed E-state index contributed by atoms with van der Waals surface area (Å²) < 4.78 is 5.60. The number of nitrogens with one attached hydrogen (secondary N) is 2. The van der Waals surface area contributed by atoms with Gasteiger partial charge in [0.25, 0.3) is 0 Å². The Kier molecular flexibility index (Phi) is 6.31. The average molecular weight is 358 g/mol. The van der Waals surface area contributed by atoms with Crippen molar-refractivity contribution < 1.29 is 4.74 Å². The number of halogens is 1. The third-order valence-corrected chi connectivity index (χ3v) is 4.29. The summed E-state index contributed by atoms with van der Waals surface area (Å²) in [6, 6.07) is 14.1. The molecule has 2 aromatic carbocycles. The highest BCUT2D eigenvalue weighted by Gasteiger charge is 2.04. The van der Waals surface area contributed by atoms with Crippen molar-refractivity contribution in [1.29, 1.82) is 0 Å². The van der Waals surface area contributed by atoms with Gasteiger partial charge in [0.15, 0.2) is 0 Å². The van der Waals surface area contributed by atoms with Gasteiger partial charge in [-0.15, -0.1) is 0 Å². The number of aromatic amines is 1. The Morgan fingerprint density at radius 2 is 2.08 bits per heavy atom. The number of rotatable bonds is 9. The van der Waals surface area contributed by atoms with E-state index in [4.69, 9.17) is 16.3 Å². The number of nitrogens with zero attached hydrogens (tertiary/aromatic N) is 1. The summed E-state index contributed by atoms with van der Waals surface area (Å²) in [5.41, 5.74) is 3.30. The molecule has 5 heteroatoms. The molecule has 0 amide bonds. The monoisotopic (exact) mass is 357 g/mol. The van der Waals surface area contributed by atoms with Crippen LogP contribution in [-0.4, -0.2) is 23.1 Å². The number of aryl methyl sites for hydroxylation is 1. The molecule has 0 aliphatic carbocycles. The minimum absolute atomic E-state index is 0.676. The quantitative estimate of drug-likeness (QED) is 0.544. The molecule has 0 atom stereocenters. The Labute approximate surface area is 153 Å². The van der Waals surface area contributed by atoms with Crippen LogP contribution in [0.15, 0.2) is 42.5 Å². The molecule has 2 N–H and O–H groups in total. The number of hydrogen-bond acceptors (Lipinski definition) is 3. The van der Waals surface area contributed by atoms with Crippen LogP contribution in [0.25, 0.3) is 11.0 Å². The lowest BCUT2D eigenvalue weighted by atomic mass is 10.2. The Bertz CT molecular complexity index is 783. The molecule has 25 heavy (non-hydrogen) atoms. The number of ether oxygens (including phenoxy) is 1. The molecule has 0 radical (unpaired) electrons. The number of H-pyrrole nitrogens is 1. The summed E-state index contributed by atoms with van der Waals surface area (Å²) in [6.45, 7) is 4.51. The Balaban J connectivity index is 1.41. The van der Waals surface area contributed by atoms with E-state index in [2.05, 4.69) is 34.3 Å². The van der Waals surface area contributed by atoms with E-state index in [-0.39, 0.29) is 0 Å². The largest absolute Gasteiger partial charge is 0.492 e. The summed E-state index contributed by atoms with van der Waals surface area (Å²) in [5.74, 6) is 1.81. The fourth-order valence-corrected chi connectivity index (χ4v) is 2.98. The van der Waals surface area contributed by atoms with Crippen molar-refractivity contribution in [2.45, 2.75) is 32.7 Å². The standard InChI is InChI=1S/C20H24ClN3O/c1-2-12-25-19-10-9-15(13-16(19)21)14-22-11-5-8-20-23-17-6-3-4-7-18(17)24-20/h3-4,6-7,9-10,13,22H,2,5,8,11-12,14H2,1H3,(H,23,24). The van der Waals surface area contributed by atoms with Crippen LogP contribution >= 0.6 is 11.6 Å². The summed E-state index contributed by atoms with van der Waals surface area (Å²) in [7, 11) is 0. The molecule has 0 bridgehead atoms. The van der Waals surface area contributed by atoms with Gasteiger partial charge in [-0.1, -0.05) is 36.7 Å². The van der Waals surface area contributed by atoms with E-state index in [0.717, 1.165) is 60.5 Å². The second-order valence-corrected chi connectivity index (χ2v) is 6.50. The van der Waals surface area contributed by atoms with Gasteiger partial charge in [0.2, 0.25) is 0 Å². The van der Waals surface area contributed by atoms with Gasteiger partial charge >= 0.3 is 0 Å². The maximum absolute atomic E-state index is 6.26. The number of fused-ring (bicyclic) bond motifs is 1. The second kappa shape index (κ2) is 8.88. The predicted molar refractivity (Wildman–Crippen MR) is 103 cm³/mol. The first-order valence-corrected chi connectivity index (χ1v) is 9.19. The molecule has 3 aromatic rings. The predicted octanol–water partition coefficient (Wildman–Crippen LogP) is 4.73. The van der Waals surface area contributed by atoms with Crippen LogP contribution in [0.3, 0.4) is 0 Å². The second-order valence-electron chi connectivity index (χ2n) is 6.09. The number of hydrogen-bond donors (Lipinski definition) is 2. The third kappa shape index (κ3) is 4.97. The van der Waals surface area contributed by atoms with Gasteiger partial charge < -0.3 is 15.0 Å². The number of para-hydroxylation sites is 2. The van der Waals surface area contributed by atoms with Crippen molar-refractivity contribution in [3.63, 3.8) is 0 Å². The lowest BCUT2D eigenvalue weighted by Gasteiger charge is -2.09. The van der Waals surface area contributed by atoms with Crippen molar-refractivity contribution >= 4 is 22.6 Å². The first kappa shape index (κ1) is 17.8. The van der Waals surface area contributed by atoms with Crippen LogP contribution in [0.5, 0.6) is 5.75 Å². The molecule has 4 nitrogen and oxygen atoms in total.